The predicted molar refractivity (Wildman–Crippen MR) is 134 cm³/mol. The molecule has 7 nitrogen and oxygen atoms in total. The zero-order valence-electron chi connectivity index (χ0n) is 18.9. The Morgan fingerprint density at radius 3 is 2.37 bits per heavy atom. The van der Waals surface area contributed by atoms with Crippen LogP contribution in [-0.2, 0) is 16.0 Å². The monoisotopic (exact) mass is 535 g/mol. The second-order valence-electron chi connectivity index (χ2n) is 8.36. The molecule has 2 heterocycles. The molecule has 178 valence electrons. The summed E-state index contributed by atoms with van der Waals surface area (Å²) in [7, 11) is 0. The van der Waals surface area contributed by atoms with Crippen molar-refractivity contribution in [3.8, 4) is 16.9 Å². The lowest BCUT2D eigenvalue weighted by Crippen LogP contribution is -2.32. The van der Waals surface area contributed by atoms with Crippen molar-refractivity contribution in [2.75, 3.05) is 12.3 Å². The van der Waals surface area contributed by atoms with E-state index in [0.717, 1.165) is 15.7 Å². The number of benzene rings is 3. The normalized spacial score (nSPS) is 17.8. The van der Waals surface area contributed by atoms with Crippen molar-refractivity contribution in [2.45, 2.75) is 25.7 Å². The van der Waals surface area contributed by atoms with Crippen LogP contribution in [0.5, 0.6) is 0 Å². The van der Waals surface area contributed by atoms with Gasteiger partial charge in [-0.25, -0.2) is 4.39 Å². The fourth-order valence-corrected chi connectivity index (χ4v) is 4.30. The first-order chi connectivity index (χ1) is 16.9. The van der Waals surface area contributed by atoms with Crippen molar-refractivity contribution in [3.63, 3.8) is 0 Å². The number of amides is 1. The third kappa shape index (κ3) is 4.82. The smallest absolute Gasteiger partial charge is 0.253 e. The quantitative estimate of drug-likeness (QED) is 0.354. The molecule has 0 saturated carbocycles. The van der Waals surface area contributed by atoms with E-state index in [0.29, 0.717) is 35.6 Å². The van der Waals surface area contributed by atoms with Gasteiger partial charge in [-0.2, -0.15) is 4.80 Å². The molecule has 0 aliphatic carbocycles. The van der Waals surface area contributed by atoms with Crippen LogP contribution < -0.4 is 5.73 Å². The molecule has 1 saturated heterocycles. The maximum absolute atomic E-state index is 13.6. The van der Waals surface area contributed by atoms with E-state index in [1.165, 1.54) is 16.9 Å². The largest absolute Gasteiger partial charge is 0.399 e. The average molecular weight is 536 g/mol. The van der Waals surface area contributed by atoms with Gasteiger partial charge in [-0.05, 0) is 79.6 Å². The first-order valence-electron chi connectivity index (χ1n) is 11.2. The number of carbonyl (C=O) groups excluding carboxylic acids is 1. The van der Waals surface area contributed by atoms with Crippen molar-refractivity contribution < 1.29 is 13.9 Å². The molecular formula is C26H23BrFN5O2. The molecule has 9 heteroatoms. The van der Waals surface area contributed by atoms with Crippen LogP contribution in [0.4, 0.5) is 10.1 Å². The van der Waals surface area contributed by atoms with Crippen molar-refractivity contribution in [2.24, 2.45) is 0 Å². The molecule has 2 N–H and O–H groups in total. The van der Waals surface area contributed by atoms with Gasteiger partial charge in [0.05, 0.1) is 5.69 Å². The number of anilines is 1. The SMILES string of the molecule is C[C@H]1O[C@@H](c2nn(-c3ccc(Br)cc3)nc2-c2ccc(F)cc2)N(CCc2ccc(N)cc2)C1=O. The van der Waals surface area contributed by atoms with Crippen LogP contribution in [0.2, 0.25) is 0 Å². The highest BCUT2D eigenvalue weighted by molar-refractivity contribution is 9.10. The maximum Gasteiger partial charge on any atom is 0.253 e. The van der Waals surface area contributed by atoms with E-state index in [1.807, 2.05) is 48.5 Å². The van der Waals surface area contributed by atoms with Crippen molar-refractivity contribution >= 4 is 27.5 Å². The standard InChI is InChI=1S/C26H23BrFN5O2/c1-16-25(34)32(15-14-17-2-10-21(29)11-3-17)26(35-16)24-23(18-4-8-20(28)9-5-18)30-33(31-24)22-12-6-19(27)7-13-22/h2-13,16,26H,14-15,29H2,1H3/t16-,26+/m1/s1. The summed E-state index contributed by atoms with van der Waals surface area (Å²) in [4.78, 5) is 16.2. The number of ether oxygens (including phenoxy) is 1. The molecule has 1 amide bonds. The second-order valence-corrected chi connectivity index (χ2v) is 9.28. The number of carbonyl (C=O) groups is 1. The molecule has 0 unspecified atom stereocenters. The van der Waals surface area contributed by atoms with E-state index in [4.69, 9.17) is 20.7 Å². The fraction of sp³-hybridized carbons (Fsp3) is 0.192. The molecule has 1 aliphatic heterocycles. The average Bonchev–Trinajstić information content (AvgIpc) is 3.41. The number of nitrogen functional groups attached to an aromatic ring is 1. The summed E-state index contributed by atoms with van der Waals surface area (Å²) in [5, 5.41) is 9.44. The lowest BCUT2D eigenvalue weighted by molar-refractivity contribution is -0.130. The van der Waals surface area contributed by atoms with Gasteiger partial charge in [0, 0.05) is 22.3 Å². The van der Waals surface area contributed by atoms with Crippen LogP contribution in [0.1, 0.15) is 24.4 Å². The molecule has 1 aromatic heterocycles. The van der Waals surface area contributed by atoms with E-state index in [1.54, 1.807) is 24.0 Å². The van der Waals surface area contributed by atoms with E-state index in [-0.39, 0.29) is 11.7 Å². The number of hydrogen-bond acceptors (Lipinski definition) is 5. The van der Waals surface area contributed by atoms with Gasteiger partial charge >= 0.3 is 0 Å². The van der Waals surface area contributed by atoms with Gasteiger partial charge in [0.2, 0.25) is 0 Å². The third-order valence-electron chi connectivity index (χ3n) is 5.92. The van der Waals surface area contributed by atoms with Gasteiger partial charge in [0.15, 0.2) is 6.23 Å². The minimum atomic E-state index is -0.726. The third-order valence-corrected chi connectivity index (χ3v) is 6.45. The van der Waals surface area contributed by atoms with Crippen molar-refractivity contribution in [1.82, 2.24) is 19.9 Å². The molecule has 0 radical (unpaired) electrons. The van der Waals surface area contributed by atoms with Crippen LogP contribution in [0, 0.1) is 5.82 Å². The number of hydrogen-bond donors (Lipinski definition) is 1. The van der Waals surface area contributed by atoms with Crippen LogP contribution in [0.3, 0.4) is 0 Å². The van der Waals surface area contributed by atoms with Crippen molar-refractivity contribution in [3.05, 3.63) is 94.3 Å². The highest BCUT2D eigenvalue weighted by Gasteiger charge is 2.41. The van der Waals surface area contributed by atoms with Crippen LogP contribution >= 0.6 is 15.9 Å². The molecule has 0 spiro atoms. The molecule has 4 aromatic rings. The van der Waals surface area contributed by atoms with Gasteiger partial charge in [0.1, 0.15) is 23.3 Å². The number of halogens is 2. The lowest BCUT2D eigenvalue weighted by atomic mass is 10.1. The van der Waals surface area contributed by atoms with Crippen molar-refractivity contribution in [1.29, 1.82) is 0 Å². The topological polar surface area (TPSA) is 86.3 Å². The lowest BCUT2D eigenvalue weighted by Gasteiger charge is -2.22. The van der Waals surface area contributed by atoms with Gasteiger partial charge < -0.3 is 15.4 Å². The Labute approximate surface area is 210 Å². The van der Waals surface area contributed by atoms with Gasteiger partial charge in [0.25, 0.3) is 5.91 Å². The molecule has 2 atom stereocenters. The predicted octanol–water partition coefficient (Wildman–Crippen LogP) is 4.91. The zero-order chi connectivity index (χ0) is 24.5. The summed E-state index contributed by atoms with van der Waals surface area (Å²) in [6.07, 6.45) is -0.716. The van der Waals surface area contributed by atoms with E-state index in [9.17, 15) is 9.18 Å². The van der Waals surface area contributed by atoms with Crippen LogP contribution in [0.25, 0.3) is 16.9 Å². The zero-order valence-corrected chi connectivity index (χ0v) is 20.5. The highest BCUT2D eigenvalue weighted by Crippen LogP contribution is 2.36. The number of rotatable bonds is 6. The summed E-state index contributed by atoms with van der Waals surface area (Å²) in [5.74, 6) is -0.463. The summed E-state index contributed by atoms with van der Waals surface area (Å²) < 4.78 is 20.7. The Balaban J connectivity index is 1.53. The molecule has 1 aliphatic rings. The Bertz CT molecular complexity index is 1340. The minimum absolute atomic E-state index is 0.117. The maximum atomic E-state index is 13.6. The van der Waals surface area contributed by atoms with E-state index >= 15 is 0 Å². The van der Waals surface area contributed by atoms with E-state index in [2.05, 4.69) is 15.9 Å². The number of nitrogens with two attached hydrogens (primary N) is 1. The Morgan fingerprint density at radius 2 is 1.69 bits per heavy atom. The highest BCUT2D eigenvalue weighted by atomic mass is 79.9. The van der Waals surface area contributed by atoms with Gasteiger partial charge in [-0.3, -0.25) is 4.79 Å². The summed E-state index contributed by atoms with van der Waals surface area (Å²) in [6, 6.07) is 21.2. The summed E-state index contributed by atoms with van der Waals surface area (Å²) in [6.45, 7) is 2.17. The Kier molecular flexibility index (Phi) is 6.36. The number of nitrogens with zero attached hydrogens (tertiary/aromatic N) is 4. The molecule has 35 heavy (non-hydrogen) atoms. The number of aromatic nitrogens is 3. The van der Waals surface area contributed by atoms with Crippen LogP contribution in [0.15, 0.2) is 77.3 Å². The molecule has 5 rings (SSSR count). The summed E-state index contributed by atoms with van der Waals surface area (Å²) in [5.41, 5.74) is 9.99. The second kappa shape index (κ2) is 9.59. The fourth-order valence-electron chi connectivity index (χ4n) is 4.03. The van der Waals surface area contributed by atoms with Crippen LogP contribution in [-0.4, -0.2) is 38.4 Å². The molecular weight excluding hydrogens is 513 g/mol. The minimum Gasteiger partial charge on any atom is -0.399 e. The molecule has 0 bridgehead atoms. The Hall–Kier alpha value is -3.56. The molecule has 1 fully saturated rings. The summed E-state index contributed by atoms with van der Waals surface area (Å²) >= 11 is 3.44. The first-order valence-corrected chi connectivity index (χ1v) is 12.0. The molecule has 3 aromatic carbocycles. The Morgan fingerprint density at radius 1 is 1.00 bits per heavy atom. The van der Waals surface area contributed by atoms with Gasteiger partial charge in [-0.15, -0.1) is 10.2 Å². The first kappa shape index (κ1) is 23.2. The van der Waals surface area contributed by atoms with Gasteiger partial charge in [-0.1, -0.05) is 28.1 Å². The van der Waals surface area contributed by atoms with E-state index < -0.39 is 12.3 Å².